The van der Waals surface area contributed by atoms with E-state index in [-0.39, 0.29) is 11.1 Å². The van der Waals surface area contributed by atoms with E-state index in [4.69, 9.17) is 17.0 Å². The Kier molecular flexibility index (Phi) is 8.43. The number of hydrogen-bond donors (Lipinski definition) is 1. The normalized spacial score (nSPS) is 10.6. The van der Waals surface area contributed by atoms with Crippen molar-refractivity contribution in [3.63, 3.8) is 0 Å². The number of hydrogen-bond acceptors (Lipinski definition) is 1. The van der Waals surface area contributed by atoms with Crippen molar-refractivity contribution >= 4 is 36.2 Å². The summed E-state index contributed by atoms with van der Waals surface area (Å²) in [4.78, 5) is 0. The first-order valence-electron chi connectivity index (χ1n) is 5.78. The maximum absolute atomic E-state index is 13.5. The van der Waals surface area contributed by atoms with Gasteiger partial charge in [-0.05, 0) is 27.6 Å². The summed E-state index contributed by atoms with van der Waals surface area (Å²) in [6.07, 6.45) is 0. The molecule has 0 radical (unpaired) electrons. The van der Waals surface area contributed by atoms with Crippen LogP contribution >= 0.6 is 25.6 Å². The maximum atomic E-state index is 13.5. The van der Waals surface area contributed by atoms with E-state index in [2.05, 4.69) is 0 Å². The topological polar surface area (TPSA) is 20.2 Å². The van der Waals surface area contributed by atoms with Crippen molar-refractivity contribution in [2.45, 2.75) is 6.92 Å². The van der Waals surface area contributed by atoms with E-state index in [1.165, 1.54) is 12.1 Å². The van der Waals surface area contributed by atoms with Crippen molar-refractivity contribution in [1.82, 2.24) is 0 Å². The van der Waals surface area contributed by atoms with Gasteiger partial charge in [-0.1, -0.05) is 11.6 Å². The second kappa shape index (κ2) is 9.31. The zero-order chi connectivity index (χ0) is 17.7. The number of benzene rings is 2. The second-order valence-corrected chi connectivity index (χ2v) is 9.18. The van der Waals surface area contributed by atoms with Crippen LogP contribution < -0.4 is 10.6 Å². The van der Waals surface area contributed by atoms with E-state index in [9.17, 15) is 27.1 Å². The molecule has 0 spiro atoms. The van der Waals surface area contributed by atoms with Gasteiger partial charge in [0.2, 0.25) is 5.82 Å². The zero-order valence-electron chi connectivity index (χ0n) is 11.3. The van der Waals surface area contributed by atoms with Crippen LogP contribution in [0.2, 0.25) is 0 Å². The number of aromatic hydroxyl groups is 1. The second-order valence-electron chi connectivity index (χ2n) is 4.16. The Labute approximate surface area is 149 Å². The van der Waals surface area contributed by atoms with Crippen molar-refractivity contribution in [3.05, 3.63) is 52.8 Å². The van der Waals surface area contributed by atoms with E-state index >= 15 is 0 Å². The van der Waals surface area contributed by atoms with E-state index in [1.807, 2.05) is 0 Å². The van der Waals surface area contributed by atoms with Crippen LogP contribution in [0.15, 0.2) is 18.2 Å². The Morgan fingerprint density at radius 3 is 1.83 bits per heavy atom. The standard InChI is InChI=1S/C13H8F5OP.2ClH.Zr/c1-5-2-3-6(19)7(4-5)20-13-11(17)9(15)8(14)10(16)12(13)18;;;/h2-4,19-20H,1H3;2*1H;/q;;;+2/p-2. The summed E-state index contributed by atoms with van der Waals surface area (Å²) in [6, 6.07) is 4.28. The molecule has 0 amide bonds. The fourth-order valence-corrected chi connectivity index (χ4v) is 2.82. The van der Waals surface area contributed by atoms with Gasteiger partial charge in [0.05, 0.1) is 5.30 Å². The molecule has 0 heterocycles. The number of rotatable bonds is 2. The molecule has 1 unspecified atom stereocenters. The SMILES string of the molecule is Cc1ccc(O)c(Pc2c(F)c(F)c(F)c(F)c2F)c1.[Cl][Zr][Cl]. The average molecular weight is 468 g/mol. The number of halogens is 7. The molecule has 0 saturated carbocycles. The molecular formula is C13H8Cl2F5OPZr. The van der Waals surface area contributed by atoms with Gasteiger partial charge in [0, 0.05) is 5.30 Å². The molecule has 0 aliphatic carbocycles. The molecule has 23 heavy (non-hydrogen) atoms. The quantitative estimate of drug-likeness (QED) is 0.300. The fourth-order valence-electron chi connectivity index (χ4n) is 1.60. The summed E-state index contributed by atoms with van der Waals surface area (Å²) in [7, 11) is 8.98. The fraction of sp³-hybridized carbons (Fsp3) is 0.0769. The van der Waals surface area contributed by atoms with Crippen molar-refractivity contribution in [1.29, 1.82) is 0 Å². The summed E-state index contributed by atoms with van der Waals surface area (Å²) in [5.74, 6) is -10.2. The summed E-state index contributed by atoms with van der Waals surface area (Å²) in [6.45, 7) is 1.67. The third-order valence-electron chi connectivity index (χ3n) is 2.62. The molecule has 124 valence electrons. The summed E-state index contributed by atoms with van der Waals surface area (Å²) < 4.78 is 66.1. The Morgan fingerprint density at radius 1 is 0.913 bits per heavy atom. The Bertz CT molecular complexity index is 688. The minimum absolute atomic E-state index is 0.105. The molecule has 1 N–H and O–H groups in total. The van der Waals surface area contributed by atoms with Gasteiger partial charge in [-0.2, -0.15) is 0 Å². The van der Waals surface area contributed by atoms with Gasteiger partial charge in [0.25, 0.3) is 0 Å². The molecule has 0 saturated heterocycles. The number of phenolic OH excluding ortho intramolecular Hbond substituents is 1. The number of aryl methyl sites for hydroxylation is 1. The molecule has 1 nitrogen and oxygen atoms in total. The molecule has 0 bridgehead atoms. The van der Waals surface area contributed by atoms with E-state index in [0.717, 1.165) is 0 Å². The molecule has 0 aliphatic rings. The van der Waals surface area contributed by atoms with Gasteiger partial charge in [-0.3, -0.25) is 0 Å². The molecule has 0 aliphatic heterocycles. The van der Waals surface area contributed by atoms with Crippen LogP contribution in [-0.4, -0.2) is 5.11 Å². The van der Waals surface area contributed by atoms with Crippen LogP contribution in [0.4, 0.5) is 22.0 Å². The third kappa shape index (κ3) is 5.13. The first kappa shape index (κ1) is 20.8. The molecular weight excluding hydrogens is 460 g/mol. The van der Waals surface area contributed by atoms with Gasteiger partial charge < -0.3 is 5.11 Å². The predicted octanol–water partition coefficient (Wildman–Crippen LogP) is 4.40. The minimum atomic E-state index is -2.19. The van der Waals surface area contributed by atoms with Crippen LogP contribution in [0.1, 0.15) is 5.56 Å². The van der Waals surface area contributed by atoms with Crippen molar-refractivity contribution < 1.29 is 47.9 Å². The third-order valence-corrected chi connectivity index (χ3v) is 3.98. The summed E-state index contributed by atoms with van der Waals surface area (Å²) in [5.41, 5.74) is 0.689. The Balaban J connectivity index is 0.000000816. The van der Waals surface area contributed by atoms with Crippen LogP contribution in [0.5, 0.6) is 5.75 Å². The van der Waals surface area contributed by atoms with Crippen LogP contribution in [0.25, 0.3) is 0 Å². The number of phenols is 1. The van der Waals surface area contributed by atoms with Crippen molar-refractivity contribution in [2.24, 2.45) is 0 Å². The molecule has 10 heteroatoms. The van der Waals surface area contributed by atoms with Gasteiger partial charge in [-0.25, -0.2) is 22.0 Å². The molecule has 0 fully saturated rings. The van der Waals surface area contributed by atoms with Gasteiger partial charge in [-0.15, -0.1) is 0 Å². The average Bonchev–Trinajstić information content (AvgIpc) is 2.51. The monoisotopic (exact) mass is 466 g/mol. The summed E-state index contributed by atoms with van der Waals surface area (Å²) >= 11 is -0.826. The zero-order valence-corrected chi connectivity index (χ0v) is 16.3. The van der Waals surface area contributed by atoms with Crippen LogP contribution in [0.3, 0.4) is 0 Å². The Morgan fingerprint density at radius 2 is 1.35 bits per heavy atom. The molecule has 1 atom stereocenters. The van der Waals surface area contributed by atoms with E-state index in [0.29, 0.717) is 5.56 Å². The molecule has 2 aromatic carbocycles. The first-order chi connectivity index (χ1) is 10.7. The van der Waals surface area contributed by atoms with Gasteiger partial charge in [0.15, 0.2) is 23.3 Å². The molecule has 2 rings (SSSR count). The summed E-state index contributed by atoms with van der Waals surface area (Å²) in [5, 5.41) is 8.73. The van der Waals surface area contributed by atoms with Crippen LogP contribution in [-0.2, 0) is 20.8 Å². The molecule has 2 aromatic rings. The predicted molar refractivity (Wildman–Crippen MR) is 78.4 cm³/mol. The molecule has 0 aromatic heterocycles. The Hall–Kier alpha value is -0.217. The van der Waals surface area contributed by atoms with E-state index in [1.54, 1.807) is 13.0 Å². The van der Waals surface area contributed by atoms with Gasteiger partial charge >= 0.3 is 37.9 Å². The van der Waals surface area contributed by atoms with Crippen LogP contribution in [0, 0.1) is 36.0 Å². The first-order valence-corrected chi connectivity index (χ1v) is 13.1. The van der Waals surface area contributed by atoms with Gasteiger partial charge in [0.1, 0.15) is 5.75 Å². The van der Waals surface area contributed by atoms with Crippen molar-refractivity contribution in [3.8, 4) is 5.75 Å². The van der Waals surface area contributed by atoms with E-state index < -0.39 is 63.8 Å². The van der Waals surface area contributed by atoms with Crippen molar-refractivity contribution in [2.75, 3.05) is 0 Å².